The smallest absolute Gasteiger partial charge is 0.335 e. The van der Waals surface area contributed by atoms with Crippen molar-refractivity contribution in [3.63, 3.8) is 0 Å². The highest BCUT2D eigenvalue weighted by Crippen LogP contribution is 2.23. The minimum atomic E-state index is -0.973. The van der Waals surface area contributed by atoms with Gasteiger partial charge in [-0.1, -0.05) is 12.1 Å². The Balaban J connectivity index is 1.82. The van der Waals surface area contributed by atoms with Gasteiger partial charge in [-0.25, -0.2) is 9.18 Å². The van der Waals surface area contributed by atoms with Crippen LogP contribution in [0.5, 0.6) is 0 Å². The Labute approximate surface area is 137 Å². The molecule has 0 atom stereocenters. The summed E-state index contributed by atoms with van der Waals surface area (Å²) in [6.07, 6.45) is 1.55. The van der Waals surface area contributed by atoms with Gasteiger partial charge >= 0.3 is 5.97 Å². The number of benzene rings is 2. The van der Waals surface area contributed by atoms with E-state index in [1.54, 1.807) is 49.5 Å². The van der Waals surface area contributed by atoms with Gasteiger partial charge in [0, 0.05) is 5.56 Å². The molecule has 1 heterocycles. The van der Waals surface area contributed by atoms with E-state index in [1.807, 2.05) is 0 Å². The van der Waals surface area contributed by atoms with Crippen LogP contribution in [-0.4, -0.2) is 17.3 Å². The molecule has 0 bridgehead atoms. The van der Waals surface area contributed by atoms with Gasteiger partial charge < -0.3 is 9.52 Å². The van der Waals surface area contributed by atoms with Crippen LogP contribution in [0.4, 0.5) is 10.1 Å². The van der Waals surface area contributed by atoms with Gasteiger partial charge in [-0.05, 0) is 55.0 Å². The number of hydrogen-bond donors (Lipinski definition) is 1. The SMILES string of the molecule is Cc1cc(C(=O)O)ccc1N=Cc1ccc(-c2cccc(F)c2)o1. The summed E-state index contributed by atoms with van der Waals surface area (Å²) >= 11 is 0. The third-order valence-electron chi connectivity index (χ3n) is 3.51. The van der Waals surface area contributed by atoms with Crippen LogP contribution in [0.25, 0.3) is 11.3 Å². The standard InChI is InChI=1S/C19H14FNO3/c1-12-9-14(19(22)23)5-7-17(12)21-11-16-6-8-18(24-16)13-3-2-4-15(20)10-13/h2-11H,1H3,(H,22,23). The van der Waals surface area contributed by atoms with Crippen molar-refractivity contribution in [3.05, 3.63) is 77.3 Å². The number of carboxylic acids is 1. The fourth-order valence-corrected chi connectivity index (χ4v) is 2.29. The van der Waals surface area contributed by atoms with E-state index in [1.165, 1.54) is 18.2 Å². The maximum atomic E-state index is 13.3. The second-order valence-electron chi connectivity index (χ2n) is 5.28. The van der Waals surface area contributed by atoms with E-state index < -0.39 is 5.97 Å². The quantitative estimate of drug-likeness (QED) is 0.699. The summed E-state index contributed by atoms with van der Waals surface area (Å²) < 4.78 is 18.9. The van der Waals surface area contributed by atoms with Crippen LogP contribution in [0.2, 0.25) is 0 Å². The molecule has 1 N–H and O–H groups in total. The van der Waals surface area contributed by atoms with Crippen molar-refractivity contribution in [1.29, 1.82) is 0 Å². The van der Waals surface area contributed by atoms with Gasteiger partial charge in [-0.15, -0.1) is 0 Å². The molecule has 5 heteroatoms. The molecule has 4 nitrogen and oxygen atoms in total. The minimum absolute atomic E-state index is 0.220. The molecule has 0 fully saturated rings. The van der Waals surface area contributed by atoms with Gasteiger partial charge in [0.25, 0.3) is 0 Å². The molecule has 0 saturated heterocycles. The molecular weight excluding hydrogens is 309 g/mol. The molecule has 0 amide bonds. The largest absolute Gasteiger partial charge is 0.478 e. The Kier molecular flexibility index (Phi) is 4.24. The molecule has 0 unspecified atom stereocenters. The first-order chi connectivity index (χ1) is 11.5. The summed E-state index contributed by atoms with van der Waals surface area (Å²) in [5.74, 6) is -0.225. The molecule has 2 aromatic carbocycles. The zero-order valence-electron chi connectivity index (χ0n) is 12.9. The second kappa shape index (κ2) is 6.50. The predicted octanol–water partition coefficient (Wildman–Crippen LogP) is 4.84. The van der Waals surface area contributed by atoms with E-state index >= 15 is 0 Å². The third-order valence-corrected chi connectivity index (χ3v) is 3.51. The van der Waals surface area contributed by atoms with Crippen molar-refractivity contribution >= 4 is 17.9 Å². The summed E-state index contributed by atoms with van der Waals surface area (Å²) in [5, 5.41) is 8.96. The second-order valence-corrected chi connectivity index (χ2v) is 5.28. The molecule has 0 spiro atoms. The molecule has 3 aromatic rings. The Morgan fingerprint density at radius 3 is 2.71 bits per heavy atom. The molecule has 24 heavy (non-hydrogen) atoms. The number of furan rings is 1. The van der Waals surface area contributed by atoms with Gasteiger partial charge in [0.15, 0.2) is 0 Å². The molecule has 120 valence electrons. The van der Waals surface area contributed by atoms with Gasteiger partial charge in [0.1, 0.15) is 17.3 Å². The van der Waals surface area contributed by atoms with E-state index in [0.29, 0.717) is 22.8 Å². The fraction of sp³-hybridized carbons (Fsp3) is 0.0526. The number of rotatable bonds is 4. The van der Waals surface area contributed by atoms with Crippen LogP contribution in [-0.2, 0) is 0 Å². The van der Waals surface area contributed by atoms with E-state index in [-0.39, 0.29) is 11.4 Å². The molecular formula is C19H14FNO3. The first-order valence-electron chi connectivity index (χ1n) is 7.27. The van der Waals surface area contributed by atoms with Crippen LogP contribution in [0, 0.1) is 12.7 Å². The summed E-state index contributed by atoms with van der Waals surface area (Å²) in [7, 11) is 0. The van der Waals surface area contributed by atoms with Crippen molar-refractivity contribution in [2.24, 2.45) is 4.99 Å². The maximum absolute atomic E-state index is 13.3. The van der Waals surface area contributed by atoms with Gasteiger partial charge in [-0.2, -0.15) is 0 Å². The predicted molar refractivity (Wildman–Crippen MR) is 89.5 cm³/mol. The Morgan fingerprint density at radius 1 is 1.17 bits per heavy atom. The number of nitrogens with zero attached hydrogens (tertiary/aromatic N) is 1. The number of carbonyl (C=O) groups is 1. The first-order valence-corrected chi connectivity index (χ1v) is 7.27. The normalized spacial score (nSPS) is 11.1. The molecule has 0 aliphatic rings. The Bertz CT molecular complexity index is 928. The number of carboxylic acid groups (broad SMARTS) is 1. The van der Waals surface area contributed by atoms with Crippen LogP contribution in [0.15, 0.2) is 64.0 Å². The summed E-state index contributed by atoms with van der Waals surface area (Å²) in [6, 6.07) is 14.4. The lowest BCUT2D eigenvalue weighted by molar-refractivity contribution is 0.0697. The zero-order chi connectivity index (χ0) is 17.1. The average molecular weight is 323 g/mol. The van der Waals surface area contributed by atoms with Crippen LogP contribution < -0.4 is 0 Å². The van der Waals surface area contributed by atoms with Crippen LogP contribution >= 0.6 is 0 Å². The van der Waals surface area contributed by atoms with E-state index in [9.17, 15) is 9.18 Å². The van der Waals surface area contributed by atoms with Crippen molar-refractivity contribution in [3.8, 4) is 11.3 Å². The number of aromatic carboxylic acids is 1. The van der Waals surface area contributed by atoms with E-state index in [4.69, 9.17) is 9.52 Å². The van der Waals surface area contributed by atoms with Crippen LogP contribution in [0.1, 0.15) is 21.7 Å². The van der Waals surface area contributed by atoms with E-state index in [0.717, 1.165) is 5.56 Å². The zero-order valence-corrected chi connectivity index (χ0v) is 12.9. The Hall–Kier alpha value is -3.21. The molecule has 0 saturated carbocycles. The maximum Gasteiger partial charge on any atom is 0.335 e. The van der Waals surface area contributed by atoms with Gasteiger partial charge in [0.05, 0.1) is 17.5 Å². The summed E-state index contributed by atoms with van der Waals surface area (Å²) in [5.41, 5.74) is 2.28. The highest BCUT2D eigenvalue weighted by Gasteiger charge is 2.06. The molecule has 0 aliphatic heterocycles. The van der Waals surface area contributed by atoms with Gasteiger partial charge in [-0.3, -0.25) is 4.99 Å². The number of halogens is 1. The summed E-state index contributed by atoms with van der Waals surface area (Å²) in [4.78, 5) is 15.2. The van der Waals surface area contributed by atoms with Crippen LogP contribution in [0.3, 0.4) is 0 Å². The average Bonchev–Trinajstić information content (AvgIpc) is 3.02. The number of aryl methyl sites for hydroxylation is 1. The third kappa shape index (κ3) is 3.41. The van der Waals surface area contributed by atoms with Crippen molar-refractivity contribution < 1.29 is 18.7 Å². The Morgan fingerprint density at radius 2 is 2.00 bits per heavy atom. The molecule has 0 radical (unpaired) electrons. The lowest BCUT2D eigenvalue weighted by Crippen LogP contribution is -1.95. The number of aliphatic imine (C=N–C) groups is 1. The van der Waals surface area contributed by atoms with Crippen molar-refractivity contribution in [2.75, 3.05) is 0 Å². The topological polar surface area (TPSA) is 62.8 Å². The van der Waals surface area contributed by atoms with Crippen molar-refractivity contribution in [1.82, 2.24) is 0 Å². The van der Waals surface area contributed by atoms with E-state index in [2.05, 4.69) is 4.99 Å². The number of hydrogen-bond acceptors (Lipinski definition) is 3. The first kappa shape index (κ1) is 15.7. The highest BCUT2D eigenvalue weighted by molar-refractivity contribution is 5.89. The molecule has 0 aliphatic carbocycles. The summed E-state index contributed by atoms with van der Waals surface area (Å²) in [6.45, 7) is 1.79. The van der Waals surface area contributed by atoms with Gasteiger partial charge in [0.2, 0.25) is 0 Å². The highest BCUT2D eigenvalue weighted by atomic mass is 19.1. The molecule has 1 aromatic heterocycles. The fourth-order valence-electron chi connectivity index (χ4n) is 2.29. The minimum Gasteiger partial charge on any atom is -0.478 e. The monoisotopic (exact) mass is 323 g/mol. The lowest BCUT2D eigenvalue weighted by Gasteiger charge is -2.01. The molecule has 3 rings (SSSR count). The lowest BCUT2D eigenvalue weighted by atomic mass is 10.1. The van der Waals surface area contributed by atoms with Crippen molar-refractivity contribution in [2.45, 2.75) is 6.92 Å².